The Bertz CT molecular complexity index is 2870. The maximum atomic E-state index is 6.14. The van der Waals surface area contributed by atoms with E-state index >= 15 is 0 Å². The first-order valence-electron chi connectivity index (χ1n) is 21.6. The van der Waals surface area contributed by atoms with Gasteiger partial charge in [-0.1, -0.05) is 189 Å². The minimum absolute atomic E-state index is 0.582. The molecule has 0 atom stereocenters. The minimum Gasteiger partial charge on any atom is -0.456 e. The van der Waals surface area contributed by atoms with Crippen molar-refractivity contribution >= 4 is 50.8 Å². The largest absolute Gasteiger partial charge is 0.456 e. The highest BCUT2D eigenvalue weighted by atomic mass is 16.3. The van der Waals surface area contributed by atoms with E-state index in [4.69, 9.17) is 4.42 Å². The fraction of sp³-hybridized carbons (Fsp3) is 0.129. The summed E-state index contributed by atoms with van der Waals surface area (Å²) >= 11 is 0. The Morgan fingerprint density at radius 2 is 1.38 bits per heavy atom. The van der Waals surface area contributed by atoms with E-state index in [1.165, 1.54) is 38.6 Å². The van der Waals surface area contributed by atoms with Crippen LogP contribution in [0.25, 0.3) is 39.5 Å². The molecule has 64 heavy (non-hydrogen) atoms. The van der Waals surface area contributed by atoms with Crippen LogP contribution in [0.1, 0.15) is 65.5 Å². The molecular weight excluding hydrogens is 775 g/mol. The predicted octanol–water partition coefficient (Wildman–Crippen LogP) is 17.1. The Hall–Kier alpha value is -7.60. The van der Waals surface area contributed by atoms with Crippen molar-refractivity contribution in [1.82, 2.24) is 0 Å². The van der Waals surface area contributed by atoms with Crippen molar-refractivity contribution < 1.29 is 4.42 Å². The topological polar surface area (TPSA) is 16.4 Å². The highest BCUT2D eigenvalue weighted by Gasteiger charge is 2.39. The third kappa shape index (κ3) is 10.0. The second-order valence-electron chi connectivity index (χ2n) is 15.6. The molecule has 0 unspecified atom stereocenters. The molecule has 0 aliphatic carbocycles. The molecule has 0 aliphatic heterocycles. The predicted molar refractivity (Wildman–Crippen MR) is 283 cm³/mol. The number of hydrogen-bond donors (Lipinski definition) is 0. The van der Waals surface area contributed by atoms with Gasteiger partial charge in [-0.25, -0.2) is 0 Å². The van der Waals surface area contributed by atoms with Gasteiger partial charge in [0.05, 0.1) is 5.41 Å². The van der Waals surface area contributed by atoms with Crippen LogP contribution in [0.5, 0.6) is 0 Å². The molecule has 0 spiro atoms. The Morgan fingerprint density at radius 1 is 0.703 bits per heavy atom. The Kier molecular flexibility index (Phi) is 16.7. The monoisotopic (exact) mass is 835 g/mol. The maximum absolute atomic E-state index is 6.14. The van der Waals surface area contributed by atoms with E-state index in [1.54, 1.807) is 0 Å². The van der Waals surface area contributed by atoms with Crippen molar-refractivity contribution in [2.24, 2.45) is 0 Å². The average Bonchev–Trinajstić information content (AvgIpc) is 3.62. The van der Waals surface area contributed by atoms with E-state index in [0.717, 1.165) is 55.9 Å². The van der Waals surface area contributed by atoms with E-state index in [-0.39, 0.29) is 0 Å². The molecule has 0 bridgehead atoms. The molecule has 0 saturated heterocycles. The van der Waals surface area contributed by atoms with Gasteiger partial charge in [-0.05, 0) is 122 Å². The summed E-state index contributed by atoms with van der Waals surface area (Å²) in [6.07, 6.45) is 38.6. The molecule has 0 fully saturated rings. The van der Waals surface area contributed by atoms with Crippen LogP contribution in [0.3, 0.4) is 0 Å². The standard InChI is InChI=1S/C60H59NO.C2H2/c1-11-15-18-29-45(7)60(46(8)30-19-16-12-2,56-36-23-20-27-44(56)6)51-32-24-33-52(42-51)61(57-41-50-31-21-22-35-53(50)47(9)54(57)34-17-13-3)39-25-28-43(5)49-37-38-59-55(40-49)48(10)58(62-59)26-14-4;1-2/h11-38,40-42H,1-3,5,39H2,4,6-10H3;1-2H/b18-15-,19-16-,26-14-,28-25-,34-17-,45-29+,46-30+;. The summed E-state index contributed by atoms with van der Waals surface area (Å²) in [6.45, 7) is 30.1. The SMILES string of the molecule is C#C.C=C/C=C\C=C(/C)C(/C(C)=C/C=C\C=C)(c1cccc(N(C/C=C\C(=C)c2ccc3oc(/C=C\C)c(C)c3c2)c2cc3ccccc3c(C)c2/C=C\C=C)c1)c1ccccc1C. The van der Waals surface area contributed by atoms with Gasteiger partial charge in [0, 0.05) is 34.4 Å². The van der Waals surface area contributed by atoms with Gasteiger partial charge in [-0.15, -0.1) is 12.8 Å². The van der Waals surface area contributed by atoms with Gasteiger partial charge in [-0.3, -0.25) is 0 Å². The molecular formula is C62H61NO. The van der Waals surface area contributed by atoms with Crippen LogP contribution in [0.15, 0.2) is 218 Å². The fourth-order valence-electron chi connectivity index (χ4n) is 8.67. The number of rotatable bonds is 17. The van der Waals surface area contributed by atoms with Crippen LogP contribution in [-0.2, 0) is 5.41 Å². The molecule has 2 heteroatoms. The highest BCUT2D eigenvalue weighted by molar-refractivity contribution is 5.95. The number of aryl methyl sites for hydroxylation is 3. The van der Waals surface area contributed by atoms with Gasteiger partial charge in [-0.2, -0.15) is 0 Å². The molecule has 0 saturated carbocycles. The smallest absolute Gasteiger partial charge is 0.135 e. The van der Waals surface area contributed by atoms with Gasteiger partial charge < -0.3 is 9.32 Å². The molecule has 6 rings (SSSR count). The number of allylic oxidation sites excluding steroid dienone is 15. The Labute approximate surface area is 383 Å². The molecule has 1 heterocycles. The molecule has 0 radical (unpaired) electrons. The van der Waals surface area contributed by atoms with E-state index in [1.807, 2.05) is 61.6 Å². The molecule has 0 aliphatic rings. The molecule has 0 amide bonds. The summed E-state index contributed by atoms with van der Waals surface area (Å²) in [7, 11) is 0. The first kappa shape index (κ1) is 47.4. The van der Waals surface area contributed by atoms with Gasteiger partial charge in [0.2, 0.25) is 0 Å². The van der Waals surface area contributed by atoms with E-state index < -0.39 is 5.41 Å². The van der Waals surface area contributed by atoms with Crippen molar-refractivity contribution in [3.8, 4) is 12.8 Å². The number of benzene rings is 5. The Balaban J connectivity index is 0.00000380. The lowest BCUT2D eigenvalue weighted by molar-refractivity contribution is 0.601. The second-order valence-corrected chi connectivity index (χ2v) is 15.6. The zero-order valence-corrected chi connectivity index (χ0v) is 38.4. The molecule has 320 valence electrons. The number of furan rings is 1. The number of nitrogens with zero attached hydrogens (tertiary/aromatic N) is 1. The fourth-order valence-corrected chi connectivity index (χ4v) is 8.67. The summed E-state index contributed by atoms with van der Waals surface area (Å²) in [4.78, 5) is 2.43. The van der Waals surface area contributed by atoms with Crippen molar-refractivity contribution in [3.63, 3.8) is 0 Å². The second kappa shape index (κ2) is 22.5. The Morgan fingerprint density at radius 3 is 2.05 bits per heavy atom. The van der Waals surface area contributed by atoms with E-state index in [0.29, 0.717) is 6.54 Å². The van der Waals surface area contributed by atoms with Crippen molar-refractivity contribution in [1.29, 1.82) is 0 Å². The van der Waals surface area contributed by atoms with Crippen molar-refractivity contribution in [2.45, 2.75) is 47.0 Å². The van der Waals surface area contributed by atoms with Crippen LogP contribution >= 0.6 is 0 Å². The molecule has 5 aromatic carbocycles. The van der Waals surface area contributed by atoms with E-state index in [2.05, 4.69) is 212 Å². The summed E-state index contributed by atoms with van der Waals surface area (Å²) < 4.78 is 6.14. The molecule has 1 aromatic heterocycles. The number of terminal acetylenes is 1. The van der Waals surface area contributed by atoms with Crippen LogP contribution in [0.2, 0.25) is 0 Å². The van der Waals surface area contributed by atoms with Crippen molar-refractivity contribution in [2.75, 3.05) is 11.4 Å². The third-order valence-corrected chi connectivity index (χ3v) is 11.8. The first-order valence-corrected chi connectivity index (χ1v) is 21.6. The van der Waals surface area contributed by atoms with Gasteiger partial charge in [0.25, 0.3) is 0 Å². The zero-order valence-electron chi connectivity index (χ0n) is 38.4. The minimum atomic E-state index is -0.615. The molecule has 2 nitrogen and oxygen atoms in total. The van der Waals surface area contributed by atoms with Gasteiger partial charge in [0.15, 0.2) is 0 Å². The quantitative estimate of drug-likeness (QED) is 0.0672. The lowest BCUT2D eigenvalue weighted by Crippen LogP contribution is -2.32. The number of fused-ring (bicyclic) bond motifs is 2. The summed E-state index contributed by atoms with van der Waals surface area (Å²) in [5.41, 5.74) is 13.8. The maximum Gasteiger partial charge on any atom is 0.135 e. The summed E-state index contributed by atoms with van der Waals surface area (Å²) in [5.74, 6) is 0.884. The average molecular weight is 836 g/mol. The van der Waals surface area contributed by atoms with Crippen LogP contribution in [0.4, 0.5) is 11.4 Å². The van der Waals surface area contributed by atoms with Crippen LogP contribution in [-0.4, -0.2) is 6.54 Å². The van der Waals surface area contributed by atoms with Crippen LogP contribution in [0, 0.1) is 33.6 Å². The normalized spacial score (nSPS) is 13.2. The lowest BCUT2D eigenvalue weighted by Gasteiger charge is -2.39. The number of anilines is 2. The summed E-state index contributed by atoms with van der Waals surface area (Å²) in [5, 5.41) is 3.50. The lowest BCUT2D eigenvalue weighted by atomic mass is 9.63. The zero-order chi connectivity index (χ0) is 46.2. The van der Waals surface area contributed by atoms with E-state index in [9.17, 15) is 0 Å². The van der Waals surface area contributed by atoms with Gasteiger partial charge >= 0.3 is 0 Å². The number of hydrogen-bond acceptors (Lipinski definition) is 2. The first-order chi connectivity index (χ1) is 31.1. The molecule has 6 aromatic rings. The third-order valence-electron chi connectivity index (χ3n) is 11.8. The van der Waals surface area contributed by atoms with Gasteiger partial charge in [0.1, 0.15) is 11.3 Å². The molecule has 0 N–H and O–H groups in total. The highest BCUT2D eigenvalue weighted by Crippen LogP contribution is 2.48. The summed E-state index contributed by atoms with van der Waals surface area (Å²) in [6, 6.07) is 35.1. The van der Waals surface area contributed by atoms with Crippen molar-refractivity contribution in [3.05, 3.63) is 258 Å². The van der Waals surface area contributed by atoms with Crippen LogP contribution < -0.4 is 4.90 Å².